The zero-order chi connectivity index (χ0) is 16.9. The fourth-order valence-corrected chi connectivity index (χ4v) is 4.24. The first-order valence-electron chi connectivity index (χ1n) is 8.46. The molecule has 0 aliphatic carbocycles. The van der Waals surface area contributed by atoms with Crippen LogP contribution >= 0.6 is 11.3 Å². The number of hydrogen-bond acceptors (Lipinski definition) is 6. The minimum Gasteiger partial charge on any atom is -0.370 e. The molecule has 128 valence electrons. The maximum Gasteiger partial charge on any atom is 0.227 e. The molecule has 0 saturated carbocycles. The minimum absolute atomic E-state index is 0.147. The van der Waals surface area contributed by atoms with Gasteiger partial charge in [0.2, 0.25) is 5.95 Å². The van der Waals surface area contributed by atoms with Crippen LogP contribution in [-0.4, -0.2) is 31.7 Å². The Labute approximate surface area is 145 Å². The normalized spacial score (nSPS) is 16.9. The second-order valence-corrected chi connectivity index (χ2v) is 8.53. The number of thiophene rings is 1. The number of aromatic nitrogens is 4. The Morgan fingerprint density at radius 2 is 2.25 bits per heavy atom. The van der Waals surface area contributed by atoms with Crippen molar-refractivity contribution in [1.29, 1.82) is 0 Å². The Kier molecular flexibility index (Phi) is 3.73. The van der Waals surface area contributed by atoms with Crippen LogP contribution in [0, 0.1) is 5.92 Å². The fourth-order valence-electron chi connectivity index (χ4n) is 3.15. The summed E-state index contributed by atoms with van der Waals surface area (Å²) in [7, 11) is 0. The van der Waals surface area contributed by atoms with E-state index in [9.17, 15) is 0 Å². The molecule has 0 saturated heterocycles. The standard InChI is InChI=1S/C17H23N5OS/c1-10(2)5-6-18-16-21-15-13(14-19-9-20-22(14)16)11-7-17(3,4)23-8-12(11)24-15/h9-10H,5-8H2,1-4H3,(H,18,21). The lowest BCUT2D eigenvalue weighted by molar-refractivity contribution is -0.0379. The van der Waals surface area contributed by atoms with Gasteiger partial charge in [-0.2, -0.15) is 9.61 Å². The van der Waals surface area contributed by atoms with E-state index in [2.05, 4.69) is 43.1 Å². The molecule has 0 aromatic carbocycles. The van der Waals surface area contributed by atoms with Gasteiger partial charge < -0.3 is 10.1 Å². The molecule has 4 rings (SSSR count). The van der Waals surface area contributed by atoms with Crippen molar-refractivity contribution in [3.05, 3.63) is 16.8 Å². The van der Waals surface area contributed by atoms with Crippen LogP contribution in [0.3, 0.4) is 0 Å². The predicted molar refractivity (Wildman–Crippen MR) is 96.7 cm³/mol. The van der Waals surface area contributed by atoms with E-state index in [1.165, 1.54) is 10.4 Å². The van der Waals surface area contributed by atoms with Crippen LogP contribution in [0.1, 0.15) is 44.6 Å². The molecule has 1 aliphatic rings. The van der Waals surface area contributed by atoms with Gasteiger partial charge in [0.15, 0.2) is 5.65 Å². The molecular formula is C17H23N5OS. The van der Waals surface area contributed by atoms with E-state index in [0.717, 1.165) is 41.2 Å². The summed E-state index contributed by atoms with van der Waals surface area (Å²) in [6.07, 6.45) is 3.59. The molecule has 0 amide bonds. The summed E-state index contributed by atoms with van der Waals surface area (Å²) >= 11 is 1.72. The molecule has 6 nitrogen and oxygen atoms in total. The molecule has 3 aromatic heterocycles. The first-order valence-corrected chi connectivity index (χ1v) is 9.28. The summed E-state index contributed by atoms with van der Waals surface area (Å²) in [5.74, 6) is 1.43. The van der Waals surface area contributed by atoms with Crippen molar-refractivity contribution in [3.8, 4) is 0 Å². The number of nitrogens with one attached hydrogen (secondary N) is 1. The summed E-state index contributed by atoms with van der Waals surface area (Å²) in [6, 6.07) is 0. The van der Waals surface area contributed by atoms with Crippen molar-refractivity contribution in [2.45, 2.75) is 52.7 Å². The van der Waals surface area contributed by atoms with Gasteiger partial charge in [0.1, 0.15) is 11.2 Å². The van der Waals surface area contributed by atoms with Crippen LogP contribution in [-0.2, 0) is 17.8 Å². The second-order valence-electron chi connectivity index (χ2n) is 7.45. The van der Waals surface area contributed by atoms with E-state index in [1.807, 2.05) is 4.52 Å². The molecule has 0 fully saturated rings. The lowest BCUT2D eigenvalue weighted by Crippen LogP contribution is -2.31. The number of hydrogen-bond donors (Lipinski definition) is 1. The SMILES string of the molecule is CC(C)CCNc1nc2sc3c(c2c2ncnn12)CC(C)(C)OC3. The smallest absolute Gasteiger partial charge is 0.227 e. The van der Waals surface area contributed by atoms with Crippen LogP contribution in [0.5, 0.6) is 0 Å². The number of nitrogens with zero attached hydrogens (tertiary/aromatic N) is 4. The Bertz CT molecular complexity index is 895. The van der Waals surface area contributed by atoms with Crippen molar-refractivity contribution in [3.63, 3.8) is 0 Å². The third-order valence-electron chi connectivity index (χ3n) is 4.45. The van der Waals surface area contributed by atoms with Crippen LogP contribution in [0.25, 0.3) is 15.9 Å². The predicted octanol–water partition coefficient (Wildman–Crippen LogP) is 3.65. The van der Waals surface area contributed by atoms with E-state index < -0.39 is 0 Å². The maximum absolute atomic E-state index is 5.96. The largest absolute Gasteiger partial charge is 0.370 e. The van der Waals surface area contributed by atoms with E-state index >= 15 is 0 Å². The molecule has 24 heavy (non-hydrogen) atoms. The lowest BCUT2D eigenvalue weighted by atomic mass is 9.94. The van der Waals surface area contributed by atoms with Gasteiger partial charge in [-0.05, 0) is 31.7 Å². The second kappa shape index (κ2) is 5.67. The first-order chi connectivity index (χ1) is 11.4. The van der Waals surface area contributed by atoms with Gasteiger partial charge in [0.25, 0.3) is 0 Å². The van der Waals surface area contributed by atoms with E-state index in [4.69, 9.17) is 9.72 Å². The third kappa shape index (κ3) is 2.65. The number of ether oxygens (including phenoxy) is 1. The molecule has 0 spiro atoms. The highest BCUT2D eigenvalue weighted by atomic mass is 32.1. The highest BCUT2D eigenvalue weighted by Gasteiger charge is 2.31. The Hall–Kier alpha value is -1.73. The average Bonchev–Trinajstić information content (AvgIpc) is 3.09. The van der Waals surface area contributed by atoms with Gasteiger partial charge in [-0.3, -0.25) is 0 Å². The van der Waals surface area contributed by atoms with Gasteiger partial charge in [0.05, 0.1) is 17.6 Å². The van der Waals surface area contributed by atoms with Crippen molar-refractivity contribution in [2.75, 3.05) is 11.9 Å². The summed E-state index contributed by atoms with van der Waals surface area (Å²) in [6.45, 7) is 10.2. The minimum atomic E-state index is -0.147. The average molecular weight is 345 g/mol. The van der Waals surface area contributed by atoms with Gasteiger partial charge in [0, 0.05) is 17.8 Å². The molecule has 7 heteroatoms. The molecule has 3 aromatic rings. The quantitative estimate of drug-likeness (QED) is 0.782. The summed E-state index contributed by atoms with van der Waals surface area (Å²) in [5, 5.41) is 8.94. The summed E-state index contributed by atoms with van der Waals surface area (Å²) in [4.78, 5) is 11.6. The van der Waals surface area contributed by atoms with Crippen molar-refractivity contribution >= 4 is 33.1 Å². The monoisotopic (exact) mass is 345 g/mol. The van der Waals surface area contributed by atoms with Gasteiger partial charge in [-0.25, -0.2) is 9.97 Å². The Morgan fingerprint density at radius 3 is 3.04 bits per heavy atom. The van der Waals surface area contributed by atoms with Crippen molar-refractivity contribution < 1.29 is 4.74 Å². The molecule has 0 bridgehead atoms. The van der Waals surface area contributed by atoms with E-state index in [1.54, 1.807) is 17.7 Å². The Morgan fingerprint density at radius 1 is 1.42 bits per heavy atom. The lowest BCUT2D eigenvalue weighted by Gasteiger charge is -2.30. The van der Waals surface area contributed by atoms with Crippen LogP contribution in [0.2, 0.25) is 0 Å². The van der Waals surface area contributed by atoms with Crippen LogP contribution < -0.4 is 5.32 Å². The van der Waals surface area contributed by atoms with Crippen LogP contribution in [0.4, 0.5) is 5.95 Å². The van der Waals surface area contributed by atoms with Crippen LogP contribution in [0.15, 0.2) is 6.33 Å². The van der Waals surface area contributed by atoms with Gasteiger partial charge in [-0.1, -0.05) is 13.8 Å². The third-order valence-corrected chi connectivity index (χ3v) is 5.55. The zero-order valence-corrected chi connectivity index (χ0v) is 15.4. The molecular weight excluding hydrogens is 322 g/mol. The number of fused-ring (bicyclic) bond motifs is 5. The first kappa shape index (κ1) is 15.8. The molecule has 1 N–H and O–H groups in total. The molecule has 0 radical (unpaired) electrons. The highest BCUT2D eigenvalue weighted by Crippen LogP contribution is 2.40. The van der Waals surface area contributed by atoms with E-state index in [0.29, 0.717) is 12.5 Å². The van der Waals surface area contributed by atoms with E-state index in [-0.39, 0.29) is 5.60 Å². The molecule has 0 atom stereocenters. The molecule has 1 aliphatic heterocycles. The van der Waals surface area contributed by atoms with Crippen molar-refractivity contribution in [1.82, 2.24) is 19.6 Å². The van der Waals surface area contributed by atoms with Crippen molar-refractivity contribution in [2.24, 2.45) is 5.92 Å². The molecule has 4 heterocycles. The molecule has 0 unspecified atom stereocenters. The Balaban J connectivity index is 1.82. The summed E-state index contributed by atoms with van der Waals surface area (Å²) < 4.78 is 7.79. The van der Waals surface area contributed by atoms with Gasteiger partial charge >= 0.3 is 0 Å². The summed E-state index contributed by atoms with van der Waals surface area (Å²) in [5.41, 5.74) is 2.07. The van der Waals surface area contributed by atoms with Gasteiger partial charge in [-0.15, -0.1) is 11.3 Å². The zero-order valence-electron chi connectivity index (χ0n) is 14.6. The number of rotatable bonds is 4. The highest BCUT2D eigenvalue weighted by molar-refractivity contribution is 7.19. The number of anilines is 1. The maximum atomic E-state index is 5.96. The fraction of sp³-hybridized carbons (Fsp3) is 0.588. The topological polar surface area (TPSA) is 64.3 Å².